The molecule has 5 heteroatoms. The Labute approximate surface area is 188 Å². The van der Waals surface area contributed by atoms with Crippen LogP contribution in [-0.2, 0) is 0 Å². The zero-order chi connectivity index (χ0) is 23.5. The molecule has 2 aromatic rings. The number of rotatable bonds is 6. The minimum atomic E-state index is 0.254. The molecule has 0 heterocycles. The summed E-state index contributed by atoms with van der Waals surface area (Å²) in [5, 5.41) is 3.22. The first kappa shape index (κ1) is 27.5. The van der Waals surface area contributed by atoms with Gasteiger partial charge >= 0.3 is 0 Å². The van der Waals surface area contributed by atoms with E-state index in [1.165, 1.54) is 5.56 Å². The van der Waals surface area contributed by atoms with Gasteiger partial charge in [0.2, 0.25) is 5.96 Å². The molecule has 0 amide bonds. The fraction of sp³-hybridized carbons (Fsp3) is 0.308. The Morgan fingerprint density at radius 3 is 2.26 bits per heavy atom. The summed E-state index contributed by atoms with van der Waals surface area (Å²) < 4.78 is 5.20. The van der Waals surface area contributed by atoms with Crippen molar-refractivity contribution < 1.29 is 4.74 Å². The van der Waals surface area contributed by atoms with E-state index in [0.717, 1.165) is 30.0 Å². The summed E-state index contributed by atoms with van der Waals surface area (Å²) >= 11 is 0. The molecular formula is C26H36N4O. The molecule has 3 N–H and O–H groups in total. The van der Waals surface area contributed by atoms with Crippen molar-refractivity contribution in [2.75, 3.05) is 12.4 Å². The van der Waals surface area contributed by atoms with Crippen LogP contribution >= 0.6 is 0 Å². The van der Waals surface area contributed by atoms with E-state index >= 15 is 0 Å². The zero-order valence-corrected chi connectivity index (χ0v) is 19.6. The average molecular weight is 421 g/mol. The van der Waals surface area contributed by atoms with Crippen LogP contribution in [0.2, 0.25) is 0 Å². The molecule has 0 atom stereocenters. The highest BCUT2D eigenvalue weighted by Gasteiger charge is 2.00. The fourth-order valence-corrected chi connectivity index (χ4v) is 2.12. The first-order valence-corrected chi connectivity index (χ1v) is 10.3. The number of ether oxygens (including phenoxy) is 1. The summed E-state index contributed by atoms with van der Waals surface area (Å²) in [6, 6.07) is 17.9. The van der Waals surface area contributed by atoms with Gasteiger partial charge in [-0.1, -0.05) is 55.8 Å². The van der Waals surface area contributed by atoms with Gasteiger partial charge in [0.25, 0.3) is 0 Å². The van der Waals surface area contributed by atoms with Gasteiger partial charge in [-0.15, -0.1) is 12.3 Å². The van der Waals surface area contributed by atoms with Crippen molar-refractivity contribution in [3.8, 4) is 18.1 Å². The second-order valence-electron chi connectivity index (χ2n) is 6.47. The van der Waals surface area contributed by atoms with E-state index < -0.39 is 0 Å². The summed E-state index contributed by atoms with van der Waals surface area (Å²) in [5.41, 5.74) is 9.01. The minimum absolute atomic E-state index is 0.254. The van der Waals surface area contributed by atoms with E-state index in [9.17, 15) is 0 Å². The first-order chi connectivity index (χ1) is 14.9. The Hall–Kier alpha value is -3.52. The van der Waals surface area contributed by atoms with Crippen LogP contribution in [-0.4, -0.2) is 18.8 Å². The van der Waals surface area contributed by atoms with E-state index in [-0.39, 0.29) is 5.96 Å². The largest absolute Gasteiger partial charge is 0.497 e. The lowest BCUT2D eigenvalue weighted by Gasteiger charge is -2.09. The Morgan fingerprint density at radius 2 is 1.77 bits per heavy atom. The molecule has 0 aliphatic rings. The molecule has 5 nitrogen and oxygen atoms in total. The van der Waals surface area contributed by atoms with Crippen LogP contribution in [0.3, 0.4) is 0 Å². The molecule has 0 aromatic heterocycles. The Kier molecular flexibility index (Phi) is 15.4. The molecule has 0 spiro atoms. The van der Waals surface area contributed by atoms with Gasteiger partial charge < -0.3 is 15.8 Å². The predicted octanol–water partition coefficient (Wildman–Crippen LogP) is 6.18. The van der Waals surface area contributed by atoms with Crippen LogP contribution < -0.4 is 15.8 Å². The average Bonchev–Trinajstić information content (AvgIpc) is 2.75. The molecule has 2 rings (SSSR count). The highest BCUT2D eigenvalue weighted by atomic mass is 16.5. The van der Waals surface area contributed by atoms with Gasteiger partial charge in [-0.3, -0.25) is 0 Å². The summed E-state index contributed by atoms with van der Waals surface area (Å²) in [6.07, 6.45) is 8.26. The van der Waals surface area contributed by atoms with Crippen LogP contribution in [0.5, 0.6) is 5.75 Å². The summed E-state index contributed by atoms with van der Waals surface area (Å²) in [4.78, 5) is 8.55. The van der Waals surface area contributed by atoms with E-state index in [0.29, 0.717) is 5.82 Å². The SMILES string of the molecule is C#CC.CC/C=C(/N=C(N)\N=C(/C)CC)Nc1cccc(OC)c1.Cc1ccccc1. The van der Waals surface area contributed by atoms with Gasteiger partial charge in [-0.05, 0) is 51.8 Å². The third-order valence-corrected chi connectivity index (χ3v) is 3.73. The molecule has 0 saturated heterocycles. The molecule has 31 heavy (non-hydrogen) atoms. The number of aliphatic imine (C=N–C) groups is 2. The van der Waals surface area contributed by atoms with Gasteiger partial charge in [-0.2, -0.15) is 4.99 Å². The second kappa shape index (κ2) is 17.3. The normalized spacial score (nSPS) is 11.2. The van der Waals surface area contributed by atoms with Crippen molar-refractivity contribution in [3.05, 3.63) is 72.1 Å². The van der Waals surface area contributed by atoms with Crippen molar-refractivity contribution in [1.29, 1.82) is 0 Å². The minimum Gasteiger partial charge on any atom is -0.497 e. The summed E-state index contributed by atoms with van der Waals surface area (Å²) in [5.74, 6) is 3.97. The van der Waals surface area contributed by atoms with Crippen molar-refractivity contribution in [3.63, 3.8) is 0 Å². The number of terminal acetylenes is 1. The first-order valence-electron chi connectivity index (χ1n) is 10.3. The predicted molar refractivity (Wildman–Crippen MR) is 136 cm³/mol. The Morgan fingerprint density at radius 1 is 1.13 bits per heavy atom. The summed E-state index contributed by atoms with van der Waals surface area (Å²) in [6.45, 7) is 9.74. The zero-order valence-electron chi connectivity index (χ0n) is 19.6. The third-order valence-electron chi connectivity index (χ3n) is 3.73. The number of guanidine groups is 1. The maximum absolute atomic E-state index is 5.85. The molecule has 0 radical (unpaired) electrons. The number of nitrogens with zero attached hydrogens (tertiary/aromatic N) is 2. The topological polar surface area (TPSA) is 72.0 Å². The molecule has 0 bridgehead atoms. The number of methoxy groups -OCH3 is 1. The van der Waals surface area contributed by atoms with Gasteiger partial charge in [0.1, 0.15) is 11.6 Å². The molecule has 0 saturated carbocycles. The van der Waals surface area contributed by atoms with Crippen molar-refractivity contribution in [2.45, 2.75) is 47.5 Å². The van der Waals surface area contributed by atoms with Crippen LogP contribution in [0.15, 0.2) is 76.5 Å². The van der Waals surface area contributed by atoms with Gasteiger partial charge in [0.05, 0.1) is 7.11 Å². The number of nitrogens with two attached hydrogens (primary N) is 1. The number of nitrogens with one attached hydrogen (secondary N) is 1. The highest BCUT2D eigenvalue weighted by Crippen LogP contribution is 2.18. The lowest BCUT2D eigenvalue weighted by molar-refractivity contribution is 0.415. The molecular weight excluding hydrogens is 384 g/mol. The van der Waals surface area contributed by atoms with Gasteiger partial charge in [0, 0.05) is 17.5 Å². The van der Waals surface area contributed by atoms with E-state index in [1.54, 1.807) is 14.0 Å². The Bertz CT molecular complexity index is 878. The quantitative estimate of drug-likeness (QED) is 0.333. The number of hydrogen-bond donors (Lipinski definition) is 2. The van der Waals surface area contributed by atoms with Crippen LogP contribution in [0.1, 0.15) is 46.1 Å². The van der Waals surface area contributed by atoms with E-state index in [1.807, 2.05) is 69.3 Å². The van der Waals surface area contributed by atoms with Crippen LogP contribution in [0.25, 0.3) is 0 Å². The maximum Gasteiger partial charge on any atom is 0.221 e. The van der Waals surface area contributed by atoms with E-state index in [4.69, 9.17) is 10.5 Å². The number of anilines is 1. The third kappa shape index (κ3) is 14.2. The molecule has 2 aromatic carbocycles. The van der Waals surface area contributed by atoms with Crippen molar-refractivity contribution in [1.82, 2.24) is 0 Å². The van der Waals surface area contributed by atoms with Gasteiger partial charge in [0.15, 0.2) is 0 Å². The number of benzene rings is 2. The number of hydrogen-bond acceptors (Lipinski definition) is 3. The number of aryl methyl sites for hydroxylation is 1. The van der Waals surface area contributed by atoms with Crippen molar-refractivity contribution in [2.24, 2.45) is 15.7 Å². The summed E-state index contributed by atoms with van der Waals surface area (Å²) in [7, 11) is 1.64. The lowest BCUT2D eigenvalue weighted by atomic mass is 10.2. The second-order valence-corrected chi connectivity index (χ2v) is 6.47. The monoisotopic (exact) mass is 420 g/mol. The van der Waals surface area contributed by atoms with Gasteiger partial charge in [-0.25, -0.2) is 4.99 Å². The molecule has 0 fully saturated rings. The van der Waals surface area contributed by atoms with Crippen LogP contribution in [0.4, 0.5) is 5.69 Å². The fourth-order valence-electron chi connectivity index (χ4n) is 2.12. The highest BCUT2D eigenvalue weighted by molar-refractivity contribution is 5.95. The molecule has 0 aliphatic carbocycles. The van der Waals surface area contributed by atoms with Crippen LogP contribution in [0, 0.1) is 19.3 Å². The van der Waals surface area contributed by atoms with Crippen molar-refractivity contribution >= 4 is 17.4 Å². The lowest BCUT2D eigenvalue weighted by Crippen LogP contribution is -2.13. The smallest absolute Gasteiger partial charge is 0.221 e. The standard InChI is InChI=1S/C16H24N4O.C7H8.C3H4/c1-5-8-15(20-16(17)18-12(3)6-2)19-13-9-7-10-14(11-13)21-4;1-7-5-3-2-4-6-7;1-3-2/h7-11,19H,5-6H2,1-4H3,(H2,17,20);2-6H,1H3;1H,2H3/b15-8+,18-12+;;. The maximum atomic E-state index is 5.85. The molecule has 0 unspecified atom stereocenters. The molecule has 0 aliphatic heterocycles. The van der Waals surface area contributed by atoms with E-state index in [2.05, 4.69) is 46.7 Å². The molecule has 166 valence electrons. The number of allylic oxidation sites excluding steroid dienone is 1. The Balaban J connectivity index is 0.000000739.